The summed E-state index contributed by atoms with van der Waals surface area (Å²) in [5.74, 6) is 0.768. The van der Waals surface area contributed by atoms with Crippen LogP contribution >= 0.6 is 22.6 Å². The third-order valence-electron chi connectivity index (χ3n) is 2.04. The highest BCUT2D eigenvalue weighted by molar-refractivity contribution is 14.1. The molecule has 1 heterocycles. The van der Waals surface area contributed by atoms with Crippen molar-refractivity contribution in [2.45, 2.75) is 0 Å². The molecule has 0 unspecified atom stereocenters. The Labute approximate surface area is 101 Å². The molecule has 0 saturated heterocycles. The molecular formula is C10H10IN3O. The molecule has 78 valence electrons. The molecule has 0 aliphatic carbocycles. The minimum atomic E-state index is 0.676. The maximum atomic E-state index is 5.87. The summed E-state index contributed by atoms with van der Waals surface area (Å²) in [6, 6.07) is 5.49. The summed E-state index contributed by atoms with van der Waals surface area (Å²) in [6.45, 7) is 0. The number of nitrogens with zero attached hydrogens (tertiary/aromatic N) is 2. The van der Waals surface area contributed by atoms with E-state index in [1.807, 2.05) is 24.4 Å². The first kappa shape index (κ1) is 10.3. The number of halogens is 1. The number of nitrogen functional groups attached to an aromatic ring is 1. The van der Waals surface area contributed by atoms with Crippen LogP contribution in [0, 0.1) is 3.57 Å². The standard InChI is InChI=1S/C10H10IN3O/c1-15-8-2-3-9(12)10(4-8)14-6-7(11)5-13-14/h2-6H,12H2,1H3. The van der Waals surface area contributed by atoms with E-state index in [0.29, 0.717) is 5.69 Å². The molecule has 4 nitrogen and oxygen atoms in total. The quantitative estimate of drug-likeness (QED) is 0.682. The molecule has 5 heteroatoms. The van der Waals surface area contributed by atoms with Gasteiger partial charge >= 0.3 is 0 Å². The second-order valence-corrected chi connectivity index (χ2v) is 4.27. The summed E-state index contributed by atoms with van der Waals surface area (Å²) in [5, 5.41) is 4.20. The topological polar surface area (TPSA) is 53.1 Å². The second-order valence-electron chi connectivity index (χ2n) is 3.03. The molecule has 15 heavy (non-hydrogen) atoms. The van der Waals surface area contributed by atoms with Crippen molar-refractivity contribution in [1.82, 2.24) is 9.78 Å². The van der Waals surface area contributed by atoms with Crippen LogP contribution in [0.2, 0.25) is 0 Å². The number of hydrogen-bond donors (Lipinski definition) is 1. The smallest absolute Gasteiger partial charge is 0.121 e. The van der Waals surface area contributed by atoms with Gasteiger partial charge in [0.25, 0.3) is 0 Å². The number of methoxy groups -OCH3 is 1. The van der Waals surface area contributed by atoms with Crippen LogP contribution in [0.4, 0.5) is 5.69 Å². The van der Waals surface area contributed by atoms with Crippen LogP contribution in [-0.2, 0) is 0 Å². The van der Waals surface area contributed by atoms with Gasteiger partial charge in [-0.15, -0.1) is 0 Å². The number of aromatic nitrogens is 2. The first-order valence-electron chi connectivity index (χ1n) is 4.35. The largest absolute Gasteiger partial charge is 0.497 e. The molecule has 2 aromatic rings. The van der Waals surface area contributed by atoms with Gasteiger partial charge in [0, 0.05) is 12.3 Å². The third-order valence-corrected chi connectivity index (χ3v) is 2.59. The number of rotatable bonds is 2. The SMILES string of the molecule is COc1ccc(N)c(-n2cc(I)cn2)c1. The van der Waals surface area contributed by atoms with Crippen molar-refractivity contribution in [3.8, 4) is 11.4 Å². The van der Waals surface area contributed by atoms with Gasteiger partial charge in [-0.25, -0.2) is 4.68 Å². The summed E-state index contributed by atoms with van der Waals surface area (Å²) < 4.78 is 7.94. The van der Waals surface area contributed by atoms with Crippen LogP contribution in [0.25, 0.3) is 5.69 Å². The molecule has 0 fully saturated rings. The van der Waals surface area contributed by atoms with E-state index >= 15 is 0 Å². The summed E-state index contributed by atoms with van der Waals surface area (Å²) in [4.78, 5) is 0. The number of ether oxygens (including phenoxy) is 1. The van der Waals surface area contributed by atoms with Gasteiger partial charge in [0.15, 0.2) is 0 Å². The minimum Gasteiger partial charge on any atom is -0.497 e. The lowest BCUT2D eigenvalue weighted by molar-refractivity contribution is 0.414. The number of anilines is 1. The van der Waals surface area contributed by atoms with Crippen molar-refractivity contribution in [2.75, 3.05) is 12.8 Å². The van der Waals surface area contributed by atoms with Gasteiger partial charge < -0.3 is 10.5 Å². The molecule has 2 rings (SSSR count). The van der Waals surface area contributed by atoms with E-state index in [2.05, 4.69) is 27.7 Å². The number of nitrogens with two attached hydrogens (primary N) is 1. The summed E-state index contributed by atoms with van der Waals surface area (Å²) in [5.41, 5.74) is 7.37. The van der Waals surface area contributed by atoms with Gasteiger partial charge in [0.05, 0.1) is 28.3 Å². The van der Waals surface area contributed by atoms with Crippen molar-refractivity contribution in [1.29, 1.82) is 0 Å². The number of benzene rings is 1. The zero-order valence-corrected chi connectivity index (χ0v) is 10.3. The average molecular weight is 315 g/mol. The van der Waals surface area contributed by atoms with Crippen molar-refractivity contribution >= 4 is 28.3 Å². The molecular weight excluding hydrogens is 305 g/mol. The fourth-order valence-electron chi connectivity index (χ4n) is 1.28. The van der Waals surface area contributed by atoms with E-state index in [4.69, 9.17) is 10.5 Å². The molecule has 0 aliphatic heterocycles. The molecule has 0 aliphatic rings. The average Bonchev–Trinajstić information content (AvgIpc) is 2.65. The van der Waals surface area contributed by atoms with Crippen LogP contribution in [0.5, 0.6) is 5.75 Å². The van der Waals surface area contributed by atoms with E-state index < -0.39 is 0 Å². The zero-order chi connectivity index (χ0) is 10.8. The first-order valence-corrected chi connectivity index (χ1v) is 5.42. The molecule has 0 saturated carbocycles. The highest BCUT2D eigenvalue weighted by Crippen LogP contribution is 2.23. The van der Waals surface area contributed by atoms with E-state index in [1.54, 1.807) is 18.0 Å². The fraction of sp³-hybridized carbons (Fsp3) is 0.100. The Morgan fingerprint density at radius 3 is 2.87 bits per heavy atom. The van der Waals surface area contributed by atoms with Gasteiger partial charge in [0.2, 0.25) is 0 Å². The lowest BCUT2D eigenvalue weighted by Crippen LogP contribution is -2.00. The summed E-state index contributed by atoms with van der Waals surface area (Å²) in [6.07, 6.45) is 3.69. The maximum Gasteiger partial charge on any atom is 0.121 e. The van der Waals surface area contributed by atoms with Gasteiger partial charge in [0.1, 0.15) is 5.75 Å². The zero-order valence-electron chi connectivity index (χ0n) is 8.14. The molecule has 0 amide bonds. The molecule has 0 spiro atoms. The third kappa shape index (κ3) is 2.06. The highest BCUT2D eigenvalue weighted by atomic mass is 127. The Hall–Kier alpha value is -1.24. The van der Waals surface area contributed by atoms with E-state index in [1.165, 1.54) is 0 Å². The van der Waals surface area contributed by atoms with E-state index in [-0.39, 0.29) is 0 Å². The first-order chi connectivity index (χ1) is 7.20. The molecule has 0 radical (unpaired) electrons. The van der Waals surface area contributed by atoms with Crippen molar-refractivity contribution in [2.24, 2.45) is 0 Å². The van der Waals surface area contributed by atoms with Crippen molar-refractivity contribution in [3.05, 3.63) is 34.2 Å². The fourth-order valence-corrected chi connectivity index (χ4v) is 1.67. The monoisotopic (exact) mass is 315 g/mol. The minimum absolute atomic E-state index is 0.676. The molecule has 1 aromatic carbocycles. The predicted octanol–water partition coefficient (Wildman–Crippen LogP) is 2.07. The van der Waals surface area contributed by atoms with E-state index in [0.717, 1.165) is 15.0 Å². The van der Waals surface area contributed by atoms with Crippen LogP contribution in [-0.4, -0.2) is 16.9 Å². The predicted molar refractivity (Wildman–Crippen MR) is 67.2 cm³/mol. The van der Waals surface area contributed by atoms with E-state index in [9.17, 15) is 0 Å². The van der Waals surface area contributed by atoms with Crippen LogP contribution in [0.15, 0.2) is 30.6 Å². The second kappa shape index (κ2) is 4.09. The van der Waals surface area contributed by atoms with Crippen LogP contribution in [0.1, 0.15) is 0 Å². The highest BCUT2D eigenvalue weighted by Gasteiger charge is 2.05. The van der Waals surface area contributed by atoms with Crippen LogP contribution in [0.3, 0.4) is 0 Å². The van der Waals surface area contributed by atoms with Crippen LogP contribution < -0.4 is 10.5 Å². The number of hydrogen-bond acceptors (Lipinski definition) is 3. The van der Waals surface area contributed by atoms with Gasteiger partial charge in [-0.05, 0) is 34.7 Å². The Bertz CT molecular complexity index is 481. The Kier molecular flexibility index (Phi) is 2.81. The normalized spacial score (nSPS) is 10.3. The Morgan fingerprint density at radius 2 is 2.27 bits per heavy atom. The molecule has 0 bridgehead atoms. The van der Waals surface area contributed by atoms with Gasteiger partial charge in [-0.1, -0.05) is 0 Å². The Balaban J connectivity index is 2.51. The van der Waals surface area contributed by atoms with Crippen molar-refractivity contribution < 1.29 is 4.74 Å². The maximum absolute atomic E-state index is 5.87. The molecule has 1 aromatic heterocycles. The van der Waals surface area contributed by atoms with Gasteiger partial charge in [-0.2, -0.15) is 5.10 Å². The lowest BCUT2D eigenvalue weighted by atomic mass is 10.2. The van der Waals surface area contributed by atoms with Gasteiger partial charge in [-0.3, -0.25) is 0 Å². The summed E-state index contributed by atoms with van der Waals surface area (Å²) in [7, 11) is 1.63. The van der Waals surface area contributed by atoms with Crippen molar-refractivity contribution in [3.63, 3.8) is 0 Å². The Morgan fingerprint density at radius 1 is 1.47 bits per heavy atom. The summed E-state index contributed by atoms with van der Waals surface area (Å²) >= 11 is 2.20. The lowest BCUT2D eigenvalue weighted by Gasteiger charge is -2.07. The molecule has 0 atom stereocenters. The molecule has 2 N–H and O–H groups in total.